The predicted molar refractivity (Wildman–Crippen MR) is 105 cm³/mol. The minimum atomic E-state index is -4.82. The molecule has 1 N–H and O–H groups in total. The van der Waals surface area contributed by atoms with Gasteiger partial charge in [-0.15, -0.1) is 10.1 Å². The molecule has 0 saturated heterocycles. The quantitative estimate of drug-likeness (QED) is 0.356. The van der Waals surface area contributed by atoms with Crippen LogP contribution in [0.5, 0.6) is 5.75 Å². The highest BCUT2D eigenvalue weighted by Gasteiger charge is 2.48. The van der Waals surface area contributed by atoms with E-state index in [1.165, 1.54) is 12.1 Å². The van der Waals surface area contributed by atoms with Crippen molar-refractivity contribution in [2.75, 3.05) is 26.4 Å². The summed E-state index contributed by atoms with van der Waals surface area (Å²) in [5.74, 6) is -0.989. The van der Waals surface area contributed by atoms with Crippen LogP contribution in [0, 0.1) is 10.1 Å². The smallest absolute Gasteiger partial charge is 0.429 e. The van der Waals surface area contributed by atoms with Gasteiger partial charge >= 0.3 is 6.18 Å². The average Bonchev–Trinajstić information content (AvgIpc) is 2.63. The number of hydrogen-bond donors (Lipinski definition) is 1. The monoisotopic (exact) mass is 466 g/mol. The number of carbonyl (C=O) groups is 1. The molecule has 12 heteroatoms. The molecule has 0 saturated carbocycles. The molecule has 0 fully saturated rings. The molecular weight excluding hydrogens is 445 g/mol. The van der Waals surface area contributed by atoms with Gasteiger partial charge in [-0.1, -0.05) is 32.4 Å². The molecule has 0 aromatic heterocycles. The minimum absolute atomic E-state index is 0.0117. The maximum Gasteiger partial charge on any atom is 0.429 e. The Balaban J connectivity index is 2.14. The summed E-state index contributed by atoms with van der Waals surface area (Å²) in [6.07, 6.45) is -6.15. The molecule has 1 aromatic carbocycles. The maximum absolute atomic E-state index is 13.6. The van der Waals surface area contributed by atoms with Gasteiger partial charge in [0.15, 0.2) is 0 Å². The maximum atomic E-state index is 13.6. The van der Waals surface area contributed by atoms with Crippen LogP contribution in [0.15, 0.2) is 17.7 Å². The molecule has 172 valence electrons. The molecule has 1 aliphatic heterocycles. The van der Waals surface area contributed by atoms with E-state index in [1.54, 1.807) is 0 Å². The number of carbonyl (C=O) groups excluding carboxylic acids is 1. The molecule has 1 atom stereocenters. The lowest BCUT2D eigenvalue weighted by atomic mass is 9.85. The fourth-order valence-electron chi connectivity index (χ4n) is 2.83. The highest BCUT2D eigenvalue weighted by atomic mass is 35.5. The number of benzene rings is 1. The molecule has 1 amide bonds. The first-order valence-electron chi connectivity index (χ1n) is 9.23. The van der Waals surface area contributed by atoms with E-state index in [0.717, 1.165) is 6.08 Å². The standard InChI is InChI=1S/C19H22ClF3N2O6/c1-18(2,3)13-10-15-11(9-14(13)20)8-12(16(31-15)19(21,22)23)17(26)24-4-5-29-6-7-30-25(27)28/h8-10,16H,4-7H2,1-3H3,(H,24,26). The van der Waals surface area contributed by atoms with E-state index in [2.05, 4.69) is 10.2 Å². The minimum Gasteiger partial charge on any atom is -0.475 e. The van der Waals surface area contributed by atoms with E-state index in [1.807, 2.05) is 20.8 Å². The predicted octanol–water partition coefficient (Wildman–Crippen LogP) is 3.69. The number of alkyl halides is 3. The van der Waals surface area contributed by atoms with Gasteiger partial charge < -0.3 is 19.6 Å². The molecular formula is C19H22ClF3N2O6. The van der Waals surface area contributed by atoms with Crippen molar-refractivity contribution in [2.24, 2.45) is 0 Å². The number of nitrogens with zero attached hydrogens (tertiary/aromatic N) is 1. The fourth-order valence-corrected chi connectivity index (χ4v) is 3.29. The first-order chi connectivity index (χ1) is 14.3. The summed E-state index contributed by atoms with van der Waals surface area (Å²) in [7, 11) is 0. The lowest BCUT2D eigenvalue weighted by Crippen LogP contribution is -2.44. The number of halogens is 4. The Bertz CT molecular complexity index is 867. The molecule has 1 aromatic rings. The Morgan fingerprint density at radius 2 is 1.94 bits per heavy atom. The molecule has 0 aliphatic carbocycles. The summed E-state index contributed by atoms with van der Waals surface area (Å²) >= 11 is 6.29. The van der Waals surface area contributed by atoms with Gasteiger partial charge in [-0.05, 0) is 29.2 Å². The van der Waals surface area contributed by atoms with Crippen LogP contribution < -0.4 is 10.1 Å². The van der Waals surface area contributed by atoms with E-state index in [4.69, 9.17) is 21.1 Å². The molecule has 1 aliphatic rings. The topological polar surface area (TPSA) is 99.9 Å². The summed E-state index contributed by atoms with van der Waals surface area (Å²) in [6.45, 7) is 4.99. The van der Waals surface area contributed by atoms with Crippen molar-refractivity contribution in [3.05, 3.63) is 44.0 Å². The van der Waals surface area contributed by atoms with Crippen molar-refractivity contribution in [3.63, 3.8) is 0 Å². The van der Waals surface area contributed by atoms with Gasteiger partial charge in [0.25, 0.3) is 11.0 Å². The average molecular weight is 467 g/mol. The first kappa shape index (κ1) is 24.7. The van der Waals surface area contributed by atoms with E-state index >= 15 is 0 Å². The van der Waals surface area contributed by atoms with Gasteiger partial charge in [-0.2, -0.15) is 13.2 Å². The fraction of sp³-hybridized carbons (Fsp3) is 0.526. The van der Waals surface area contributed by atoms with Crippen LogP contribution in [0.3, 0.4) is 0 Å². The van der Waals surface area contributed by atoms with Crippen molar-refractivity contribution in [1.29, 1.82) is 0 Å². The first-order valence-corrected chi connectivity index (χ1v) is 9.60. The molecule has 0 radical (unpaired) electrons. The van der Waals surface area contributed by atoms with Crippen LogP contribution in [-0.2, 0) is 19.8 Å². The van der Waals surface area contributed by atoms with E-state index in [-0.39, 0.29) is 37.7 Å². The second kappa shape index (κ2) is 9.73. The molecule has 2 rings (SSSR count). The Labute approximate surface area is 181 Å². The normalized spacial score (nSPS) is 16.1. The third kappa shape index (κ3) is 6.73. The molecule has 0 bridgehead atoms. The van der Waals surface area contributed by atoms with Crippen molar-refractivity contribution < 1.29 is 37.4 Å². The number of fused-ring (bicyclic) bond motifs is 1. The zero-order valence-corrected chi connectivity index (χ0v) is 17.8. The van der Waals surface area contributed by atoms with Gasteiger partial charge in [-0.25, -0.2) is 0 Å². The second-order valence-electron chi connectivity index (χ2n) is 7.68. The number of rotatable bonds is 8. The van der Waals surface area contributed by atoms with E-state index in [0.29, 0.717) is 10.6 Å². The summed E-state index contributed by atoms with van der Waals surface area (Å²) in [5.41, 5.74) is -0.156. The van der Waals surface area contributed by atoms with Gasteiger partial charge in [-0.3, -0.25) is 4.79 Å². The Morgan fingerprint density at radius 1 is 1.26 bits per heavy atom. The lowest BCUT2D eigenvalue weighted by Gasteiger charge is -2.30. The Kier molecular flexibility index (Phi) is 7.77. The number of nitrogens with one attached hydrogen (secondary N) is 1. The molecule has 1 heterocycles. The van der Waals surface area contributed by atoms with Gasteiger partial charge in [0.2, 0.25) is 6.10 Å². The Morgan fingerprint density at radius 3 is 2.52 bits per heavy atom. The van der Waals surface area contributed by atoms with E-state index < -0.39 is 34.3 Å². The summed E-state index contributed by atoms with van der Waals surface area (Å²) < 4.78 is 50.9. The molecule has 8 nitrogen and oxygen atoms in total. The van der Waals surface area contributed by atoms with Gasteiger partial charge in [0.1, 0.15) is 12.4 Å². The SMILES string of the molecule is CC(C)(C)c1cc2c(cc1Cl)C=C(C(=O)NCCOCCO[N+](=O)[O-])C(C(F)(F)F)O2. The van der Waals surface area contributed by atoms with Gasteiger partial charge in [0, 0.05) is 17.1 Å². The van der Waals surface area contributed by atoms with Crippen molar-refractivity contribution >= 4 is 23.6 Å². The number of amides is 1. The Hall–Kier alpha value is -2.53. The van der Waals surface area contributed by atoms with Crippen LogP contribution >= 0.6 is 11.6 Å². The third-order valence-electron chi connectivity index (χ3n) is 4.26. The molecule has 0 spiro atoms. The van der Waals surface area contributed by atoms with Crippen LogP contribution in [-0.4, -0.2) is 49.6 Å². The summed E-state index contributed by atoms with van der Waals surface area (Å²) in [5, 5.41) is 11.7. The zero-order chi connectivity index (χ0) is 23.4. The third-order valence-corrected chi connectivity index (χ3v) is 4.57. The molecule has 31 heavy (non-hydrogen) atoms. The number of ether oxygens (including phenoxy) is 2. The highest BCUT2D eigenvalue weighted by Crippen LogP contribution is 2.41. The van der Waals surface area contributed by atoms with Crippen molar-refractivity contribution in [1.82, 2.24) is 5.32 Å². The van der Waals surface area contributed by atoms with Crippen LogP contribution in [0.4, 0.5) is 13.2 Å². The van der Waals surface area contributed by atoms with E-state index in [9.17, 15) is 28.1 Å². The van der Waals surface area contributed by atoms with Crippen LogP contribution in [0.1, 0.15) is 31.9 Å². The number of hydrogen-bond acceptors (Lipinski definition) is 6. The largest absolute Gasteiger partial charge is 0.475 e. The highest BCUT2D eigenvalue weighted by molar-refractivity contribution is 6.31. The molecule has 1 unspecified atom stereocenters. The zero-order valence-electron chi connectivity index (χ0n) is 17.0. The summed E-state index contributed by atoms with van der Waals surface area (Å²) in [6, 6.07) is 2.93. The van der Waals surface area contributed by atoms with Crippen molar-refractivity contribution in [2.45, 2.75) is 38.5 Å². The lowest BCUT2D eigenvalue weighted by molar-refractivity contribution is -0.758. The van der Waals surface area contributed by atoms with Crippen LogP contribution in [0.25, 0.3) is 6.08 Å². The van der Waals surface area contributed by atoms with Crippen LogP contribution in [0.2, 0.25) is 5.02 Å². The van der Waals surface area contributed by atoms with Gasteiger partial charge in [0.05, 0.1) is 18.8 Å². The summed E-state index contributed by atoms with van der Waals surface area (Å²) in [4.78, 5) is 26.4. The second-order valence-corrected chi connectivity index (χ2v) is 8.09. The van der Waals surface area contributed by atoms with Crippen molar-refractivity contribution in [3.8, 4) is 5.75 Å².